The zero-order valence-electron chi connectivity index (χ0n) is 10.6. The lowest BCUT2D eigenvalue weighted by Crippen LogP contribution is -2.49. The van der Waals surface area contributed by atoms with Gasteiger partial charge in [-0.05, 0) is 36.7 Å². The minimum absolute atomic E-state index is 0.146. The molecular formula is C12H24N2OS. The fraction of sp³-hybridized carbons (Fsp3) is 0.917. The summed E-state index contributed by atoms with van der Waals surface area (Å²) < 4.78 is 0. The molecule has 0 aliphatic carbocycles. The molecule has 0 radical (unpaired) electrons. The molecule has 1 aliphatic heterocycles. The Bertz CT molecular complexity index is 235. The summed E-state index contributed by atoms with van der Waals surface area (Å²) in [6.45, 7) is 6.25. The summed E-state index contributed by atoms with van der Waals surface area (Å²) in [5.41, 5.74) is 5.91. The molecule has 1 amide bonds. The van der Waals surface area contributed by atoms with Crippen molar-refractivity contribution in [3.05, 3.63) is 0 Å². The number of nitrogens with zero attached hydrogens (tertiary/aromatic N) is 1. The van der Waals surface area contributed by atoms with Gasteiger partial charge in [0.2, 0.25) is 5.91 Å². The molecule has 2 N–H and O–H groups in total. The molecule has 3 atom stereocenters. The average Bonchev–Trinajstić information content (AvgIpc) is 2.28. The molecule has 0 aromatic rings. The van der Waals surface area contributed by atoms with E-state index in [1.165, 1.54) is 0 Å². The van der Waals surface area contributed by atoms with E-state index >= 15 is 0 Å². The number of piperidine rings is 1. The van der Waals surface area contributed by atoms with Gasteiger partial charge in [-0.25, -0.2) is 0 Å². The quantitative estimate of drug-likeness (QED) is 0.816. The van der Waals surface area contributed by atoms with Gasteiger partial charge in [-0.15, -0.1) is 0 Å². The highest BCUT2D eigenvalue weighted by Gasteiger charge is 2.28. The highest BCUT2D eigenvalue weighted by Crippen LogP contribution is 2.22. The van der Waals surface area contributed by atoms with Gasteiger partial charge in [0, 0.05) is 13.1 Å². The number of carbonyl (C=O) groups is 1. The van der Waals surface area contributed by atoms with Crippen LogP contribution in [0.3, 0.4) is 0 Å². The van der Waals surface area contributed by atoms with E-state index in [1.54, 1.807) is 11.8 Å². The van der Waals surface area contributed by atoms with E-state index in [2.05, 4.69) is 13.8 Å². The van der Waals surface area contributed by atoms with E-state index in [0.29, 0.717) is 5.92 Å². The fourth-order valence-electron chi connectivity index (χ4n) is 2.07. The Morgan fingerprint density at radius 3 is 2.75 bits per heavy atom. The fourth-order valence-corrected chi connectivity index (χ4v) is 2.56. The summed E-state index contributed by atoms with van der Waals surface area (Å²) >= 11 is 1.74. The maximum Gasteiger partial charge on any atom is 0.239 e. The Kier molecular flexibility index (Phi) is 5.62. The second-order valence-corrected chi connectivity index (χ2v) is 5.90. The molecule has 4 heteroatoms. The third kappa shape index (κ3) is 3.67. The molecule has 1 aliphatic rings. The van der Waals surface area contributed by atoms with Crippen LogP contribution < -0.4 is 5.73 Å². The molecule has 0 aromatic carbocycles. The molecule has 2 unspecified atom stereocenters. The van der Waals surface area contributed by atoms with Gasteiger partial charge in [-0.1, -0.05) is 13.8 Å². The van der Waals surface area contributed by atoms with Crippen molar-refractivity contribution in [2.45, 2.75) is 32.7 Å². The number of nitrogens with two attached hydrogens (primary N) is 1. The van der Waals surface area contributed by atoms with Crippen molar-refractivity contribution in [2.24, 2.45) is 17.6 Å². The zero-order valence-corrected chi connectivity index (χ0v) is 11.4. The van der Waals surface area contributed by atoms with Gasteiger partial charge in [0.1, 0.15) is 0 Å². The van der Waals surface area contributed by atoms with Crippen molar-refractivity contribution >= 4 is 17.7 Å². The number of hydrogen-bond donors (Lipinski definition) is 1. The summed E-state index contributed by atoms with van der Waals surface area (Å²) in [4.78, 5) is 14.0. The lowest BCUT2D eigenvalue weighted by molar-refractivity contribution is -0.135. The molecule has 0 spiro atoms. The minimum atomic E-state index is -0.298. The number of likely N-dealkylation sites (tertiary alicyclic amines) is 1. The number of amides is 1. The summed E-state index contributed by atoms with van der Waals surface area (Å²) in [5, 5.41) is 0. The van der Waals surface area contributed by atoms with Gasteiger partial charge < -0.3 is 10.6 Å². The minimum Gasteiger partial charge on any atom is -0.341 e. The first-order valence-electron chi connectivity index (χ1n) is 6.09. The van der Waals surface area contributed by atoms with Crippen molar-refractivity contribution in [3.63, 3.8) is 0 Å². The average molecular weight is 244 g/mol. The Labute approximate surface area is 103 Å². The van der Waals surface area contributed by atoms with Crippen LogP contribution in [0.5, 0.6) is 0 Å². The Morgan fingerprint density at radius 1 is 1.50 bits per heavy atom. The molecule has 0 bridgehead atoms. The number of carbonyl (C=O) groups excluding carboxylic acids is 1. The van der Waals surface area contributed by atoms with Crippen molar-refractivity contribution < 1.29 is 4.79 Å². The van der Waals surface area contributed by atoms with Gasteiger partial charge in [-0.2, -0.15) is 11.8 Å². The standard InChI is InChI=1S/C12H24N2OS/c1-9-4-6-14(8-10(9)2)12(15)11(13)5-7-16-3/h9-11H,4-8,13H2,1-3H3/t9?,10?,11-/m0/s1. The first-order valence-corrected chi connectivity index (χ1v) is 7.49. The Hall–Kier alpha value is -0.220. The molecule has 1 rings (SSSR count). The topological polar surface area (TPSA) is 46.3 Å². The van der Waals surface area contributed by atoms with Gasteiger partial charge >= 0.3 is 0 Å². The van der Waals surface area contributed by atoms with E-state index in [0.717, 1.165) is 37.6 Å². The smallest absolute Gasteiger partial charge is 0.239 e. The highest BCUT2D eigenvalue weighted by atomic mass is 32.2. The van der Waals surface area contributed by atoms with Crippen LogP contribution in [0, 0.1) is 11.8 Å². The summed E-state index contributed by atoms with van der Waals surface area (Å²) in [6.07, 6.45) is 3.95. The van der Waals surface area contributed by atoms with Crippen LogP contribution in [0.15, 0.2) is 0 Å². The molecular weight excluding hydrogens is 220 g/mol. The maximum absolute atomic E-state index is 12.0. The second-order valence-electron chi connectivity index (χ2n) is 4.92. The van der Waals surface area contributed by atoms with Gasteiger partial charge in [0.25, 0.3) is 0 Å². The first-order chi connectivity index (χ1) is 7.56. The van der Waals surface area contributed by atoms with Crippen LogP contribution in [0.4, 0.5) is 0 Å². The third-order valence-electron chi connectivity index (χ3n) is 3.60. The first kappa shape index (κ1) is 13.8. The number of rotatable bonds is 4. The van der Waals surface area contributed by atoms with Crippen LogP contribution in [0.25, 0.3) is 0 Å². The van der Waals surface area contributed by atoms with E-state index < -0.39 is 0 Å². The lowest BCUT2D eigenvalue weighted by Gasteiger charge is -2.36. The van der Waals surface area contributed by atoms with Gasteiger partial charge in [0.15, 0.2) is 0 Å². The van der Waals surface area contributed by atoms with Gasteiger partial charge in [0.05, 0.1) is 6.04 Å². The maximum atomic E-state index is 12.0. The largest absolute Gasteiger partial charge is 0.341 e. The molecule has 16 heavy (non-hydrogen) atoms. The normalized spacial score (nSPS) is 27.9. The van der Waals surface area contributed by atoms with Crippen LogP contribution in [0.1, 0.15) is 26.7 Å². The van der Waals surface area contributed by atoms with E-state index in [1.807, 2.05) is 11.2 Å². The van der Waals surface area contributed by atoms with E-state index in [9.17, 15) is 4.79 Å². The zero-order chi connectivity index (χ0) is 12.1. The summed E-state index contributed by atoms with van der Waals surface area (Å²) in [5.74, 6) is 2.44. The molecule has 1 saturated heterocycles. The van der Waals surface area contributed by atoms with E-state index in [-0.39, 0.29) is 11.9 Å². The predicted molar refractivity (Wildman–Crippen MR) is 70.5 cm³/mol. The molecule has 3 nitrogen and oxygen atoms in total. The monoisotopic (exact) mass is 244 g/mol. The SMILES string of the molecule is CSCC[C@H](N)C(=O)N1CCC(C)C(C)C1. The van der Waals surface area contributed by atoms with Crippen LogP contribution in [-0.2, 0) is 4.79 Å². The number of hydrogen-bond acceptors (Lipinski definition) is 3. The van der Waals surface area contributed by atoms with Crippen molar-refractivity contribution in [2.75, 3.05) is 25.1 Å². The molecule has 0 aromatic heterocycles. The summed E-state index contributed by atoms with van der Waals surface area (Å²) in [6, 6.07) is -0.298. The lowest BCUT2D eigenvalue weighted by atomic mass is 9.88. The van der Waals surface area contributed by atoms with E-state index in [4.69, 9.17) is 5.73 Å². The van der Waals surface area contributed by atoms with Crippen LogP contribution in [-0.4, -0.2) is 41.9 Å². The summed E-state index contributed by atoms with van der Waals surface area (Å²) in [7, 11) is 0. The highest BCUT2D eigenvalue weighted by molar-refractivity contribution is 7.98. The number of thioether (sulfide) groups is 1. The van der Waals surface area contributed by atoms with Crippen molar-refractivity contribution in [3.8, 4) is 0 Å². The van der Waals surface area contributed by atoms with Crippen molar-refractivity contribution in [1.82, 2.24) is 4.90 Å². The predicted octanol–water partition coefficient (Wildman–Crippen LogP) is 1.57. The molecule has 94 valence electrons. The van der Waals surface area contributed by atoms with Crippen molar-refractivity contribution in [1.29, 1.82) is 0 Å². The Balaban J connectivity index is 2.42. The van der Waals surface area contributed by atoms with Gasteiger partial charge in [-0.3, -0.25) is 4.79 Å². The van der Waals surface area contributed by atoms with Crippen LogP contribution in [0.2, 0.25) is 0 Å². The van der Waals surface area contributed by atoms with Crippen LogP contribution >= 0.6 is 11.8 Å². The third-order valence-corrected chi connectivity index (χ3v) is 4.24. The molecule has 1 heterocycles. The molecule has 1 fully saturated rings. The molecule has 0 saturated carbocycles. The second kappa shape index (κ2) is 6.50. The Morgan fingerprint density at radius 2 is 2.19 bits per heavy atom.